The van der Waals surface area contributed by atoms with E-state index in [1.165, 1.54) is 6.07 Å². The molecule has 10 heteroatoms. The van der Waals surface area contributed by atoms with Gasteiger partial charge in [0.15, 0.2) is 0 Å². The van der Waals surface area contributed by atoms with Gasteiger partial charge in [0.05, 0.1) is 24.3 Å². The van der Waals surface area contributed by atoms with Crippen molar-refractivity contribution in [3.8, 4) is 5.75 Å². The van der Waals surface area contributed by atoms with E-state index in [1.54, 1.807) is 4.90 Å². The number of nitrogens with one attached hydrogen (secondary N) is 1. The Morgan fingerprint density at radius 3 is 2.55 bits per heavy atom. The van der Waals surface area contributed by atoms with Gasteiger partial charge in [0, 0.05) is 19.5 Å². The molecule has 2 aliphatic rings. The van der Waals surface area contributed by atoms with E-state index in [9.17, 15) is 31.1 Å². The van der Waals surface area contributed by atoms with Crippen LogP contribution in [0, 0.1) is 11.8 Å². The largest absolute Gasteiger partial charge is 0.491 e. The van der Waals surface area contributed by atoms with Gasteiger partial charge >= 0.3 is 12.4 Å². The highest BCUT2D eigenvalue weighted by atomic mass is 19.4. The average molecular weight is 424 g/mol. The van der Waals surface area contributed by atoms with E-state index in [1.807, 2.05) is 0 Å². The van der Waals surface area contributed by atoms with Crippen molar-refractivity contribution >= 4 is 11.6 Å². The lowest BCUT2D eigenvalue weighted by molar-refractivity contribution is -0.139. The zero-order valence-electron chi connectivity index (χ0n) is 15.6. The first-order valence-corrected chi connectivity index (χ1v) is 9.44. The topological polar surface area (TPSA) is 41.6 Å². The first kappa shape index (κ1) is 21.7. The van der Waals surface area contributed by atoms with E-state index in [2.05, 4.69) is 5.32 Å². The molecule has 162 valence electrons. The fourth-order valence-electron chi connectivity index (χ4n) is 3.93. The molecule has 0 saturated carbocycles. The van der Waals surface area contributed by atoms with Crippen molar-refractivity contribution in [1.29, 1.82) is 0 Å². The SMILES string of the molecule is O=C1C[C@@H]2CCN(CCC(F)(F)F)C[C@@H]2CCOc2ccc(C(F)(F)F)cc2N1. The van der Waals surface area contributed by atoms with E-state index in [4.69, 9.17) is 4.74 Å². The summed E-state index contributed by atoms with van der Waals surface area (Å²) in [6.07, 6.45) is -8.44. The molecule has 1 fully saturated rings. The highest BCUT2D eigenvalue weighted by Crippen LogP contribution is 2.37. The van der Waals surface area contributed by atoms with E-state index in [0.29, 0.717) is 25.9 Å². The second-order valence-corrected chi connectivity index (χ2v) is 7.57. The third kappa shape index (κ3) is 6.01. The number of carbonyl (C=O) groups excluding carboxylic acids is 1. The van der Waals surface area contributed by atoms with Crippen LogP contribution in [0.3, 0.4) is 0 Å². The highest BCUT2D eigenvalue weighted by Gasteiger charge is 2.35. The summed E-state index contributed by atoms with van der Waals surface area (Å²) in [5.41, 5.74) is -0.904. The number of hydrogen-bond acceptors (Lipinski definition) is 3. The molecule has 1 saturated heterocycles. The molecule has 2 heterocycles. The lowest BCUT2D eigenvalue weighted by Gasteiger charge is -2.39. The van der Waals surface area contributed by atoms with Crippen LogP contribution in [-0.2, 0) is 11.0 Å². The average Bonchev–Trinajstić information content (AvgIpc) is 2.61. The van der Waals surface area contributed by atoms with Crippen molar-refractivity contribution < 1.29 is 35.9 Å². The predicted octanol–water partition coefficient (Wildman–Crippen LogP) is 4.71. The van der Waals surface area contributed by atoms with Gasteiger partial charge in [-0.05, 0) is 49.4 Å². The van der Waals surface area contributed by atoms with Crippen molar-refractivity contribution in [2.45, 2.75) is 38.0 Å². The Morgan fingerprint density at radius 1 is 1.10 bits per heavy atom. The number of halogens is 6. The second-order valence-electron chi connectivity index (χ2n) is 7.57. The zero-order chi connectivity index (χ0) is 21.2. The maximum Gasteiger partial charge on any atom is 0.416 e. The monoisotopic (exact) mass is 424 g/mol. The molecule has 0 spiro atoms. The smallest absolute Gasteiger partial charge is 0.416 e. The van der Waals surface area contributed by atoms with Crippen molar-refractivity contribution in [2.24, 2.45) is 11.8 Å². The number of likely N-dealkylation sites (tertiary alicyclic amines) is 1. The van der Waals surface area contributed by atoms with Gasteiger partial charge in [-0.2, -0.15) is 26.3 Å². The van der Waals surface area contributed by atoms with Crippen molar-refractivity contribution in [1.82, 2.24) is 4.90 Å². The number of fused-ring (bicyclic) bond motifs is 2. The van der Waals surface area contributed by atoms with Gasteiger partial charge in [0.2, 0.25) is 5.91 Å². The molecule has 29 heavy (non-hydrogen) atoms. The molecule has 1 aromatic rings. The predicted molar refractivity (Wildman–Crippen MR) is 93.5 cm³/mol. The number of ether oxygens (including phenoxy) is 1. The minimum Gasteiger partial charge on any atom is -0.491 e. The number of carbonyl (C=O) groups is 1. The van der Waals surface area contributed by atoms with Gasteiger partial charge in [-0.3, -0.25) is 4.79 Å². The number of piperidine rings is 1. The van der Waals surface area contributed by atoms with Crippen LogP contribution in [0.2, 0.25) is 0 Å². The van der Waals surface area contributed by atoms with Gasteiger partial charge in [-0.25, -0.2) is 0 Å². The fourth-order valence-corrected chi connectivity index (χ4v) is 3.93. The second kappa shape index (κ2) is 8.41. The van der Waals surface area contributed by atoms with Crippen LogP contribution in [0.1, 0.15) is 31.2 Å². The lowest BCUT2D eigenvalue weighted by Crippen LogP contribution is -2.43. The minimum absolute atomic E-state index is 0.0151. The summed E-state index contributed by atoms with van der Waals surface area (Å²) in [5, 5.41) is 2.51. The zero-order valence-corrected chi connectivity index (χ0v) is 15.6. The Kier molecular flexibility index (Phi) is 6.30. The Bertz CT molecular complexity index is 734. The van der Waals surface area contributed by atoms with Crippen LogP contribution in [0.15, 0.2) is 18.2 Å². The van der Waals surface area contributed by atoms with Crippen LogP contribution < -0.4 is 10.1 Å². The van der Waals surface area contributed by atoms with E-state index in [0.717, 1.165) is 12.1 Å². The van der Waals surface area contributed by atoms with Crippen LogP contribution in [0.4, 0.5) is 32.0 Å². The number of benzene rings is 1. The molecular weight excluding hydrogens is 402 g/mol. The molecule has 0 bridgehead atoms. The number of nitrogens with zero attached hydrogens (tertiary/aromatic N) is 1. The normalized spacial score (nSPS) is 24.1. The molecule has 0 aliphatic carbocycles. The minimum atomic E-state index is -4.54. The Morgan fingerprint density at radius 2 is 1.86 bits per heavy atom. The number of anilines is 1. The first-order chi connectivity index (χ1) is 13.5. The molecule has 1 aromatic carbocycles. The van der Waals surface area contributed by atoms with Gasteiger partial charge in [-0.1, -0.05) is 0 Å². The lowest BCUT2D eigenvalue weighted by atomic mass is 9.81. The first-order valence-electron chi connectivity index (χ1n) is 9.44. The quantitative estimate of drug-likeness (QED) is 0.700. The summed E-state index contributed by atoms with van der Waals surface area (Å²) in [7, 11) is 0. The Labute approximate surface area is 164 Å². The van der Waals surface area contributed by atoms with Crippen molar-refractivity contribution in [2.75, 3.05) is 31.6 Å². The van der Waals surface area contributed by atoms with Crippen molar-refractivity contribution in [3.05, 3.63) is 23.8 Å². The Balaban J connectivity index is 1.70. The van der Waals surface area contributed by atoms with Crippen LogP contribution >= 0.6 is 0 Å². The number of alkyl halides is 6. The summed E-state index contributed by atoms with van der Waals surface area (Å²) in [4.78, 5) is 14.2. The summed E-state index contributed by atoms with van der Waals surface area (Å²) < 4.78 is 81.9. The summed E-state index contributed by atoms with van der Waals surface area (Å²) in [5.74, 6) is -0.337. The van der Waals surface area contributed by atoms with E-state index < -0.39 is 30.2 Å². The van der Waals surface area contributed by atoms with Gasteiger partial charge < -0.3 is 15.0 Å². The fraction of sp³-hybridized carbons (Fsp3) is 0.632. The number of hydrogen-bond donors (Lipinski definition) is 1. The van der Waals surface area contributed by atoms with Crippen LogP contribution in [-0.4, -0.2) is 43.2 Å². The molecule has 4 nitrogen and oxygen atoms in total. The molecule has 2 atom stereocenters. The van der Waals surface area contributed by atoms with E-state index in [-0.39, 0.29) is 42.8 Å². The number of rotatable bonds is 2. The van der Waals surface area contributed by atoms with Crippen LogP contribution in [0.5, 0.6) is 5.75 Å². The maximum atomic E-state index is 12.9. The van der Waals surface area contributed by atoms with Crippen LogP contribution in [0.25, 0.3) is 0 Å². The number of amides is 1. The molecule has 3 rings (SSSR count). The third-order valence-electron chi connectivity index (χ3n) is 5.46. The van der Waals surface area contributed by atoms with Gasteiger partial charge in [0.1, 0.15) is 5.75 Å². The van der Waals surface area contributed by atoms with E-state index >= 15 is 0 Å². The standard InChI is InChI=1S/C19H22F6N2O2/c20-18(21,22)5-7-27-6-3-12-9-17(28)26-15-10-14(19(23,24)25)1-2-16(15)29-8-4-13(12)11-27/h1-2,10,12-13H,3-9,11H2,(H,26,28)/t12-,13-/m0/s1. The van der Waals surface area contributed by atoms with Gasteiger partial charge in [-0.15, -0.1) is 0 Å². The molecule has 1 N–H and O–H groups in total. The molecule has 1 amide bonds. The molecular formula is C19H22F6N2O2. The molecule has 0 aromatic heterocycles. The summed E-state index contributed by atoms with van der Waals surface area (Å²) in [6, 6.07) is 2.92. The maximum absolute atomic E-state index is 12.9. The Hall–Kier alpha value is -1.97. The third-order valence-corrected chi connectivity index (χ3v) is 5.46. The highest BCUT2D eigenvalue weighted by molar-refractivity contribution is 5.92. The van der Waals surface area contributed by atoms with Crippen molar-refractivity contribution in [3.63, 3.8) is 0 Å². The molecule has 0 radical (unpaired) electrons. The summed E-state index contributed by atoms with van der Waals surface area (Å²) >= 11 is 0. The molecule has 0 unspecified atom stereocenters. The molecule has 2 aliphatic heterocycles. The van der Waals surface area contributed by atoms with Gasteiger partial charge in [0.25, 0.3) is 0 Å². The summed E-state index contributed by atoms with van der Waals surface area (Å²) in [6.45, 7) is 1.03.